The first-order valence-electron chi connectivity index (χ1n) is 6.94. The molecule has 1 heterocycles. The lowest BCUT2D eigenvalue weighted by atomic mass is 10.0. The average molecular weight is 275 g/mol. The van der Waals surface area contributed by atoms with Crippen molar-refractivity contribution in [3.63, 3.8) is 0 Å². The Hall–Kier alpha value is -1.88. The SMILES string of the molecule is CN(C)C(=O)c1ccccc1NC(=O)C1CCCCN1. The van der Waals surface area contributed by atoms with Crippen molar-refractivity contribution in [1.29, 1.82) is 0 Å². The van der Waals surface area contributed by atoms with Crippen LogP contribution in [0.5, 0.6) is 0 Å². The minimum Gasteiger partial charge on any atom is -0.345 e. The summed E-state index contributed by atoms with van der Waals surface area (Å²) in [5, 5.41) is 6.07. The van der Waals surface area contributed by atoms with Crippen molar-refractivity contribution < 1.29 is 9.59 Å². The Kier molecular flexibility index (Phi) is 4.74. The van der Waals surface area contributed by atoms with Gasteiger partial charge in [0.1, 0.15) is 0 Å². The molecule has 0 aromatic heterocycles. The van der Waals surface area contributed by atoms with E-state index in [0.717, 1.165) is 25.8 Å². The number of nitrogens with one attached hydrogen (secondary N) is 2. The maximum Gasteiger partial charge on any atom is 0.255 e. The molecule has 5 heteroatoms. The Balaban J connectivity index is 2.12. The Bertz CT molecular complexity index is 494. The van der Waals surface area contributed by atoms with E-state index < -0.39 is 0 Å². The van der Waals surface area contributed by atoms with Crippen LogP contribution in [0.25, 0.3) is 0 Å². The number of carbonyl (C=O) groups excluding carboxylic acids is 2. The van der Waals surface area contributed by atoms with Crippen molar-refractivity contribution in [3.05, 3.63) is 29.8 Å². The molecule has 5 nitrogen and oxygen atoms in total. The number of amides is 2. The predicted molar refractivity (Wildman–Crippen MR) is 78.7 cm³/mol. The molecular formula is C15H21N3O2. The third-order valence-electron chi connectivity index (χ3n) is 3.45. The zero-order valence-electron chi connectivity index (χ0n) is 12.0. The van der Waals surface area contributed by atoms with Gasteiger partial charge in [0, 0.05) is 14.1 Å². The highest BCUT2D eigenvalue weighted by atomic mass is 16.2. The van der Waals surface area contributed by atoms with Crippen molar-refractivity contribution in [1.82, 2.24) is 10.2 Å². The zero-order valence-corrected chi connectivity index (χ0v) is 12.0. The summed E-state index contributed by atoms with van der Waals surface area (Å²) in [6.07, 6.45) is 3.01. The fourth-order valence-corrected chi connectivity index (χ4v) is 2.31. The third kappa shape index (κ3) is 3.36. The van der Waals surface area contributed by atoms with E-state index in [2.05, 4.69) is 10.6 Å². The largest absolute Gasteiger partial charge is 0.345 e. The number of nitrogens with zero attached hydrogens (tertiary/aromatic N) is 1. The molecule has 108 valence electrons. The standard InChI is InChI=1S/C15H21N3O2/c1-18(2)15(20)11-7-3-4-8-12(11)17-14(19)13-9-5-6-10-16-13/h3-4,7-8,13,16H,5-6,9-10H2,1-2H3,(H,17,19). The van der Waals surface area contributed by atoms with E-state index in [9.17, 15) is 9.59 Å². The van der Waals surface area contributed by atoms with Gasteiger partial charge < -0.3 is 15.5 Å². The summed E-state index contributed by atoms with van der Waals surface area (Å²) in [5.74, 6) is -0.179. The lowest BCUT2D eigenvalue weighted by Crippen LogP contribution is -2.43. The second-order valence-corrected chi connectivity index (χ2v) is 5.24. The van der Waals surface area contributed by atoms with E-state index in [4.69, 9.17) is 0 Å². The molecule has 2 rings (SSSR count). The van der Waals surface area contributed by atoms with Crippen LogP contribution in [0.2, 0.25) is 0 Å². The minimum atomic E-state index is -0.161. The summed E-state index contributed by atoms with van der Waals surface area (Å²) in [7, 11) is 3.40. The van der Waals surface area contributed by atoms with Crippen LogP contribution in [0, 0.1) is 0 Å². The van der Waals surface area contributed by atoms with Gasteiger partial charge in [-0.2, -0.15) is 0 Å². The number of piperidine rings is 1. The number of benzene rings is 1. The monoisotopic (exact) mass is 275 g/mol. The van der Waals surface area contributed by atoms with Gasteiger partial charge in [-0.25, -0.2) is 0 Å². The molecule has 1 unspecified atom stereocenters. The van der Waals surface area contributed by atoms with E-state index in [1.54, 1.807) is 32.3 Å². The molecule has 20 heavy (non-hydrogen) atoms. The molecule has 1 aromatic rings. The third-order valence-corrected chi connectivity index (χ3v) is 3.45. The smallest absolute Gasteiger partial charge is 0.255 e. The van der Waals surface area contributed by atoms with E-state index >= 15 is 0 Å². The first-order valence-corrected chi connectivity index (χ1v) is 6.94. The van der Waals surface area contributed by atoms with E-state index in [0.29, 0.717) is 11.3 Å². The van der Waals surface area contributed by atoms with Crippen LogP contribution in [0.3, 0.4) is 0 Å². The highest BCUT2D eigenvalue weighted by Crippen LogP contribution is 2.18. The quantitative estimate of drug-likeness (QED) is 0.878. The molecule has 0 spiro atoms. The van der Waals surface area contributed by atoms with Crippen LogP contribution in [-0.2, 0) is 4.79 Å². The van der Waals surface area contributed by atoms with Crippen molar-refractivity contribution in [2.24, 2.45) is 0 Å². The number of para-hydroxylation sites is 1. The molecule has 1 aromatic carbocycles. The van der Waals surface area contributed by atoms with Crippen LogP contribution in [-0.4, -0.2) is 43.4 Å². The van der Waals surface area contributed by atoms with E-state index in [-0.39, 0.29) is 17.9 Å². The minimum absolute atomic E-state index is 0.0660. The van der Waals surface area contributed by atoms with Gasteiger partial charge in [0.25, 0.3) is 5.91 Å². The Morgan fingerprint density at radius 3 is 2.65 bits per heavy atom. The summed E-state index contributed by atoms with van der Waals surface area (Å²) < 4.78 is 0. The lowest BCUT2D eigenvalue weighted by Gasteiger charge is -2.23. The molecule has 0 saturated carbocycles. The van der Waals surface area contributed by atoms with Crippen LogP contribution in [0.1, 0.15) is 29.6 Å². The lowest BCUT2D eigenvalue weighted by molar-refractivity contribution is -0.118. The van der Waals surface area contributed by atoms with Crippen LogP contribution >= 0.6 is 0 Å². The van der Waals surface area contributed by atoms with Crippen molar-refractivity contribution in [2.45, 2.75) is 25.3 Å². The fraction of sp³-hybridized carbons (Fsp3) is 0.467. The topological polar surface area (TPSA) is 61.4 Å². The molecule has 0 bridgehead atoms. The van der Waals surface area contributed by atoms with E-state index in [1.165, 1.54) is 4.90 Å². The van der Waals surface area contributed by atoms with Gasteiger partial charge in [-0.05, 0) is 31.5 Å². The maximum absolute atomic E-state index is 12.2. The second kappa shape index (κ2) is 6.52. The van der Waals surface area contributed by atoms with Gasteiger partial charge in [0.2, 0.25) is 5.91 Å². The van der Waals surface area contributed by atoms with Crippen molar-refractivity contribution >= 4 is 17.5 Å². The molecule has 2 N–H and O–H groups in total. The first kappa shape index (κ1) is 14.5. The highest BCUT2D eigenvalue weighted by molar-refractivity contribution is 6.04. The van der Waals surface area contributed by atoms with E-state index in [1.807, 2.05) is 6.07 Å². The molecule has 1 aliphatic rings. The molecule has 1 saturated heterocycles. The number of hydrogen-bond acceptors (Lipinski definition) is 3. The number of hydrogen-bond donors (Lipinski definition) is 2. The molecular weight excluding hydrogens is 254 g/mol. The van der Waals surface area contributed by atoms with Gasteiger partial charge in [0.05, 0.1) is 17.3 Å². The van der Waals surface area contributed by atoms with Crippen LogP contribution in [0.15, 0.2) is 24.3 Å². The zero-order chi connectivity index (χ0) is 14.5. The van der Waals surface area contributed by atoms with Crippen LogP contribution in [0.4, 0.5) is 5.69 Å². The summed E-state index contributed by atoms with van der Waals surface area (Å²) in [5.41, 5.74) is 1.09. The predicted octanol–water partition coefficient (Wildman–Crippen LogP) is 1.47. The van der Waals surface area contributed by atoms with Gasteiger partial charge >= 0.3 is 0 Å². The molecule has 0 radical (unpaired) electrons. The normalized spacial score (nSPS) is 18.4. The van der Waals surface area contributed by atoms with Crippen molar-refractivity contribution in [2.75, 3.05) is 26.0 Å². The number of carbonyl (C=O) groups is 2. The summed E-state index contributed by atoms with van der Waals surface area (Å²) in [6, 6.07) is 6.94. The number of anilines is 1. The van der Waals surface area contributed by atoms with Gasteiger partial charge in [-0.1, -0.05) is 18.6 Å². The number of rotatable bonds is 3. The average Bonchev–Trinajstić information content (AvgIpc) is 2.48. The molecule has 1 fully saturated rings. The molecule has 2 amide bonds. The Labute approximate surface area is 119 Å². The summed E-state index contributed by atoms with van der Waals surface area (Å²) >= 11 is 0. The van der Waals surface area contributed by atoms with Gasteiger partial charge in [-0.15, -0.1) is 0 Å². The second-order valence-electron chi connectivity index (χ2n) is 5.24. The Morgan fingerprint density at radius 2 is 2.00 bits per heavy atom. The molecule has 0 aliphatic carbocycles. The molecule has 1 atom stereocenters. The van der Waals surface area contributed by atoms with Gasteiger partial charge in [-0.3, -0.25) is 9.59 Å². The van der Waals surface area contributed by atoms with Gasteiger partial charge in [0.15, 0.2) is 0 Å². The fourth-order valence-electron chi connectivity index (χ4n) is 2.31. The maximum atomic E-state index is 12.2. The Morgan fingerprint density at radius 1 is 1.25 bits per heavy atom. The summed E-state index contributed by atoms with van der Waals surface area (Å²) in [4.78, 5) is 25.8. The van der Waals surface area contributed by atoms with Crippen molar-refractivity contribution in [3.8, 4) is 0 Å². The molecule has 1 aliphatic heterocycles. The highest BCUT2D eigenvalue weighted by Gasteiger charge is 2.22. The van der Waals surface area contributed by atoms with Crippen LogP contribution < -0.4 is 10.6 Å². The summed E-state index contributed by atoms with van der Waals surface area (Å²) in [6.45, 7) is 0.871. The first-order chi connectivity index (χ1) is 9.59.